The zero-order valence-electron chi connectivity index (χ0n) is 12.1. The van der Waals surface area contributed by atoms with Gasteiger partial charge in [0.1, 0.15) is 22.3 Å². The average molecular weight is 319 g/mol. The standard InChI is InChI=1S/C17H13N5S/c1-2-5-12(6-3-1)14-11-16(22-21-14)20-15-8-4-7-13(19-15)17-18-9-10-23-17/h1-11H,(H2,19,20,21,22). The summed E-state index contributed by atoms with van der Waals surface area (Å²) in [7, 11) is 0. The molecule has 5 nitrogen and oxygen atoms in total. The molecule has 0 aliphatic heterocycles. The van der Waals surface area contributed by atoms with Gasteiger partial charge in [-0.25, -0.2) is 9.97 Å². The maximum atomic E-state index is 4.58. The number of rotatable bonds is 4. The molecule has 0 atom stereocenters. The van der Waals surface area contributed by atoms with Crippen molar-refractivity contribution in [1.29, 1.82) is 0 Å². The Bertz CT molecular complexity index is 900. The van der Waals surface area contributed by atoms with E-state index in [1.54, 1.807) is 17.5 Å². The molecule has 4 rings (SSSR count). The van der Waals surface area contributed by atoms with Gasteiger partial charge in [0, 0.05) is 23.2 Å². The quantitative estimate of drug-likeness (QED) is 0.587. The summed E-state index contributed by atoms with van der Waals surface area (Å²) in [4.78, 5) is 8.87. The zero-order valence-corrected chi connectivity index (χ0v) is 12.9. The van der Waals surface area contributed by atoms with Crippen LogP contribution in [0, 0.1) is 0 Å². The second kappa shape index (κ2) is 6.02. The van der Waals surface area contributed by atoms with Crippen LogP contribution in [0.25, 0.3) is 22.0 Å². The Kier molecular flexibility index (Phi) is 3.57. The van der Waals surface area contributed by atoms with Crippen LogP contribution in [-0.2, 0) is 0 Å². The molecular formula is C17H13N5S. The van der Waals surface area contributed by atoms with Gasteiger partial charge in [-0.1, -0.05) is 36.4 Å². The third kappa shape index (κ3) is 2.97. The molecule has 6 heteroatoms. The first-order chi connectivity index (χ1) is 11.4. The van der Waals surface area contributed by atoms with Gasteiger partial charge in [0.15, 0.2) is 0 Å². The van der Waals surface area contributed by atoms with Crippen molar-refractivity contribution in [3.8, 4) is 22.0 Å². The molecule has 3 aromatic heterocycles. The molecule has 112 valence electrons. The number of nitrogens with zero attached hydrogens (tertiary/aromatic N) is 3. The van der Waals surface area contributed by atoms with Crippen LogP contribution < -0.4 is 5.32 Å². The smallest absolute Gasteiger partial charge is 0.141 e. The lowest BCUT2D eigenvalue weighted by Gasteiger charge is -2.03. The minimum absolute atomic E-state index is 0.751. The zero-order chi connectivity index (χ0) is 15.5. The van der Waals surface area contributed by atoms with E-state index in [-0.39, 0.29) is 0 Å². The molecule has 0 aliphatic rings. The van der Waals surface area contributed by atoms with Crippen molar-refractivity contribution >= 4 is 23.0 Å². The molecule has 0 bridgehead atoms. The second-order valence-corrected chi connectivity index (χ2v) is 5.80. The summed E-state index contributed by atoms with van der Waals surface area (Å²) >= 11 is 1.57. The number of benzene rings is 1. The van der Waals surface area contributed by atoms with Crippen molar-refractivity contribution in [3.05, 3.63) is 66.2 Å². The van der Waals surface area contributed by atoms with Gasteiger partial charge in [-0.2, -0.15) is 5.10 Å². The molecule has 0 saturated carbocycles. The molecule has 0 amide bonds. The highest BCUT2D eigenvalue weighted by Gasteiger charge is 2.06. The molecule has 23 heavy (non-hydrogen) atoms. The highest BCUT2D eigenvalue weighted by molar-refractivity contribution is 7.13. The number of aromatic amines is 1. The third-order valence-corrected chi connectivity index (χ3v) is 4.11. The Morgan fingerprint density at radius 3 is 2.70 bits per heavy atom. The average Bonchev–Trinajstić information content (AvgIpc) is 3.28. The first-order valence-corrected chi connectivity index (χ1v) is 8.01. The predicted octanol–water partition coefficient (Wildman–Crippen LogP) is 4.34. The first kappa shape index (κ1) is 13.7. The monoisotopic (exact) mass is 319 g/mol. The van der Waals surface area contributed by atoms with Crippen molar-refractivity contribution in [1.82, 2.24) is 20.2 Å². The van der Waals surface area contributed by atoms with E-state index in [9.17, 15) is 0 Å². The normalized spacial score (nSPS) is 10.6. The molecule has 1 aromatic carbocycles. The van der Waals surface area contributed by atoms with E-state index in [4.69, 9.17) is 0 Å². The highest BCUT2D eigenvalue weighted by atomic mass is 32.1. The molecule has 2 N–H and O–H groups in total. The van der Waals surface area contributed by atoms with Crippen LogP contribution in [0.4, 0.5) is 11.6 Å². The summed E-state index contributed by atoms with van der Waals surface area (Å²) in [5.41, 5.74) is 2.82. The fourth-order valence-electron chi connectivity index (χ4n) is 2.25. The fraction of sp³-hybridized carbons (Fsp3) is 0. The van der Waals surface area contributed by atoms with E-state index in [1.165, 1.54) is 0 Å². The largest absolute Gasteiger partial charge is 0.325 e. The molecule has 0 saturated heterocycles. The van der Waals surface area contributed by atoms with Gasteiger partial charge in [0.25, 0.3) is 0 Å². The minimum Gasteiger partial charge on any atom is -0.325 e. The number of anilines is 2. The highest BCUT2D eigenvalue weighted by Crippen LogP contribution is 2.24. The maximum Gasteiger partial charge on any atom is 0.141 e. The van der Waals surface area contributed by atoms with Crippen LogP contribution >= 0.6 is 11.3 Å². The van der Waals surface area contributed by atoms with E-state index >= 15 is 0 Å². The fourth-order valence-corrected chi connectivity index (χ4v) is 2.86. The minimum atomic E-state index is 0.751. The van der Waals surface area contributed by atoms with Gasteiger partial charge in [-0.05, 0) is 12.1 Å². The summed E-state index contributed by atoms with van der Waals surface area (Å²) in [6, 6.07) is 17.8. The summed E-state index contributed by atoms with van der Waals surface area (Å²) in [6.07, 6.45) is 1.78. The molecule has 0 aliphatic carbocycles. The molecular weight excluding hydrogens is 306 g/mol. The van der Waals surface area contributed by atoms with E-state index in [1.807, 2.05) is 60.0 Å². The van der Waals surface area contributed by atoms with Crippen molar-refractivity contribution in [2.45, 2.75) is 0 Å². The topological polar surface area (TPSA) is 66.5 Å². The molecule has 0 unspecified atom stereocenters. The Morgan fingerprint density at radius 1 is 0.957 bits per heavy atom. The van der Waals surface area contributed by atoms with Crippen LogP contribution in [0.15, 0.2) is 66.2 Å². The number of H-pyrrole nitrogens is 1. The Balaban J connectivity index is 1.57. The van der Waals surface area contributed by atoms with E-state index in [2.05, 4.69) is 25.5 Å². The van der Waals surface area contributed by atoms with Gasteiger partial charge in [0.05, 0.1) is 5.69 Å². The van der Waals surface area contributed by atoms with E-state index < -0.39 is 0 Å². The van der Waals surface area contributed by atoms with E-state index in [0.717, 1.165) is 33.6 Å². The van der Waals surface area contributed by atoms with Crippen LogP contribution in [-0.4, -0.2) is 20.2 Å². The number of nitrogens with one attached hydrogen (secondary N) is 2. The lowest BCUT2D eigenvalue weighted by Crippen LogP contribution is -1.94. The van der Waals surface area contributed by atoms with Crippen LogP contribution in [0.1, 0.15) is 0 Å². The van der Waals surface area contributed by atoms with Gasteiger partial charge in [-0.3, -0.25) is 5.10 Å². The van der Waals surface area contributed by atoms with Gasteiger partial charge >= 0.3 is 0 Å². The molecule has 0 radical (unpaired) electrons. The molecule has 3 heterocycles. The van der Waals surface area contributed by atoms with Crippen LogP contribution in [0.5, 0.6) is 0 Å². The summed E-state index contributed by atoms with van der Waals surface area (Å²) < 4.78 is 0. The summed E-state index contributed by atoms with van der Waals surface area (Å²) in [5.74, 6) is 1.55. The summed E-state index contributed by atoms with van der Waals surface area (Å²) in [6.45, 7) is 0. The first-order valence-electron chi connectivity index (χ1n) is 7.13. The SMILES string of the molecule is c1ccc(-c2cc(Nc3cccc(-c4nccs4)n3)[nH]n2)cc1. The molecule has 4 aromatic rings. The van der Waals surface area contributed by atoms with Crippen molar-refractivity contribution < 1.29 is 0 Å². The number of aromatic nitrogens is 4. The lowest BCUT2D eigenvalue weighted by atomic mass is 10.2. The van der Waals surface area contributed by atoms with Crippen molar-refractivity contribution in [3.63, 3.8) is 0 Å². The number of thiazole rings is 1. The number of hydrogen-bond donors (Lipinski definition) is 2. The Labute approximate surface area is 137 Å². The van der Waals surface area contributed by atoms with Crippen molar-refractivity contribution in [2.75, 3.05) is 5.32 Å². The lowest BCUT2D eigenvalue weighted by molar-refractivity contribution is 1.09. The van der Waals surface area contributed by atoms with Gasteiger partial charge < -0.3 is 5.32 Å². The van der Waals surface area contributed by atoms with Crippen LogP contribution in [0.3, 0.4) is 0 Å². The van der Waals surface area contributed by atoms with Gasteiger partial charge in [-0.15, -0.1) is 11.3 Å². The van der Waals surface area contributed by atoms with Crippen LogP contribution in [0.2, 0.25) is 0 Å². The Hall–Kier alpha value is -2.99. The predicted molar refractivity (Wildman–Crippen MR) is 92.7 cm³/mol. The Morgan fingerprint density at radius 2 is 1.87 bits per heavy atom. The number of pyridine rings is 1. The van der Waals surface area contributed by atoms with Crippen molar-refractivity contribution in [2.24, 2.45) is 0 Å². The van der Waals surface area contributed by atoms with Gasteiger partial charge in [0.2, 0.25) is 0 Å². The van der Waals surface area contributed by atoms with E-state index in [0.29, 0.717) is 0 Å². The molecule has 0 fully saturated rings. The maximum absolute atomic E-state index is 4.58. The molecule has 0 spiro atoms. The number of hydrogen-bond acceptors (Lipinski definition) is 5. The third-order valence-electron chi connectivity index (χ3n) is 3.31. The summed E-state index contributed by atoms with van der Waals surface area (Å²) in [5, 5.41) is 13.4. The second-order valence-electron chi connectivity index (χ2n) is 4.90.